The van der Waals surface area contributed by atoms with Gasteiger partial charge in [0.25, 0.3) is 5.91 Å². The molecule has 0 aliphatic carbocycles. The Morgan fingerprint density at radius 2 is 1.51 bits per heavy atom. The van der Waals surface area contributed by atoms with Crippen molar-refractivity contribution in [3.05, 3.63) is 72.1 Å². The Balaban J connectivity index is 1.56. The molecule has 9 heteroatoms. The molecular formula is C28H33N5O4. The Labute approximate surface area is 216 Å². The summed E-state index contributed by atoms with van der Waals surface area (Å²) < 4.78 is 7.36. The van der Waals surface area contributed by atoms with Crippen LogP contribution in [0.1, 0.15) is 62.5 Å². The van der Waals surface area contributed by atoms with Crippen LogP contribution in [-0.4, -0.2) is 51.3 Å². The molecule has 3 aromatic rings. The number of benzene rings is 2. The normalized spacial score (nSPS) is 14.2. The molecule has 1 aliphatic rings. The fourth-order valence-electron chi connectivity index (χ4n) is 4.40. The van der Waals surface area contributed by atoms with Gasteiger partial charge in [0.15, 0.2) is 0 Å². The first-order valence-electron chi connectivity index (χ1n) is 12.4. The van der Waals surface area contributed by atoms with Crippen molar-refractivity contribution in [2.24, 2.45) is 0 Å². The van der Waals surface area contributed by atoms with Crippen LogP contribution in [0.5, 0.6) is 0 Å². The van der Waals surface area contributed by atoms with Crippen LogP contribution >= 0.6 is 0 Å². The first kappa shape index (κ1) is 25.9. The summed E-state index contributed by atoms with van der Waals surface area (Å²) >= 11 is 0. The van der Waals surface area contributed by atoms with Crippen molar-refractivity contribution in [3.8, 4) is 5.69 Å². The minimum atomic E-state index is -0.550. The zero-order valence-electron chi connectivity index (χ0n) is 21.7. The van der Waals surface area contributed by atoms with Gasteiger partial charge in [-0.2, -0.15) is 5.10 Å². The maximum Gasteiger partial charge on any atom is 0.410 e. The van der Waals surface area contributed by atoms with Crippen LogP contribution < -0.4 is 10.6 Å². The lowest BCUT2D eigenvalue weighted by molar-refractivity contribution is -0.114. The second-order valence-electron chi connectivity index (χ2n) is 10.1. The first-order chi connectivity index (χ1) is 17.6. The van der Waals surface area contributed by atoms with Crippen molar-refractivity contribution in [1.29, 1.82) is 0 Å². The van der Waals surface area contributed by atoms with Gasteiger partial charge in [-0.3, -0.25) is 9.59 Å². The zero-order valence-corrected chi connectivity index (χ0v) is 21.7. The van der Waals surface area contributed by atoms with Gasteiger partial charge >= 0.3 is 6.09 Å². The van der Waals surface area contributed by atoms with Crippen molar-refractivity contribution in [1.82, 2.24) is 14.7 Å². The SMILES string of the molecule is CC(=O)Nc1ccc(NC(=O)c2cnn(-c3ccccc3)c2C2CCN(C(=O)OC(C)(C)C)CC2)cc1. The number of hydrogen-bond donors (Lipinski definition) is 2. The van der Waals surface area contributed by atoms with Gasteiger partial charge in [-0.1, -0.05) is 18.2 Å². The molecule has 0 bridgehead atoms. The summed E-state index contributed by atoms with van der Waals surface area (Å²) in [5, 5.41) is 10.2. The van der Waals surface area contributed by atoms with E-state index in [1.807, 2.05) is 55.8 Å². The molecule has 0 saturated carbocycles. The van der Waals surface area contributed by atoms with Crippen LogP contribution in [0.15, 0.2) is 60.8 Å². The molecule has 4 rings (SSSR count). The molecule has 0 atom stereocenters. The van der Waals surface area contributed by atoms with Crippen molar-refractivity contribution < 1.29 is 19.1 Å². The van der Waals surface area contributed by atoms with Gasteiger partial charge in [-0.05, 0) is 70.0 Å². The van der Waals surface area contributed by atoms with Gasteiger partial charge in [-0.15, -0.1) is 0 Å². The third-order valence-corrected chi connectivity index (χ3v) is 6.05. The van der Waals surface area contributed by atoms with E-state index in [2.05, 4.69) is 15.7 Å². The Morgan fingerprint density at radius 3 is 2.08 bits per heavy atom. The van der Waals surface area contributed by atoms with Gasteiger partial charge in [0.1, 0.15) is 5.60 Å². The van der Waals surface area contributed by atoms with Crippen LogP contribution in [0.25, 0.3) is 5.69 Å². The van der Waals surface area contributed by atoms with E-state index in [9.17, 15) is 14.4 Å². The van der Waals surface area contributed by atoms with Gasteiger partial charge in [-0.25, -0.2) is 9.48 Å². The second-order valence-corrected chi connectivity index (χ2v) is 10.1. The lowest BCUT2D eigenvalue weighted by Crippen LogP contribution is -2.41. The Bertz CT molecular complexity index is 1250. The van der Waals surface area contributed by atoms with Gasteiger partial charge in [0, 0.05) is 37.3 Å². The minimum absolute atomic E-state index is 0.0317. The highest BCUT2D eigenvalue weighted by Gasteiger charge is 2.32. The average Bonchev–Trinajstić information content (AvgIpc) is 3.30. The molecule has 1 saturated heterocycles. The van der Waals surface area contributed by atoms with E-state index < -0.39 is 5.60 Å². The summed E-state index contributed by atoms with van der Waals surface area (Å²) in [6.07, 6.45) is 2.65. The molecule has 194 valence electrons. The molecular weight excluding hydrogens is 470 g/mol. The van der Waals surface area contributed by atoms with Gasteiger partial charge in [0.2, 0.25) is 5.91 Å². The molecule has 2 N–H and O–H groups in total. The van der Waals surface area contributed by atoms with Crippen molar-refractivity contribution in [2.75, 3.05) is 23.7 Å². The van der Waals surface area contributed by atoms with Crippen molar-refractivity contribution >= 4 is 29.3 Å². The molecule has 0 radical (unpaired) electrons. The highest BCUT2D eigenvalue weighted by Crippen LogP contribution is 2.33. The van der Waals surface area contributed by atoms with Gasteiger partial charge in [0.05, 0.1) is 23.1 Å². The van der Waals surface area contributed by atoms with Crippen LogP contribution in [-0.2, 0) is 9.53 Å². The summed E-state index contributed by atoms with van der Waals surface area (Å²) in [5.74, 6) is -0.393. The number of carbonyl (C=O) groups excluding carboxylic acids is 3. The fourth-order valence-corrected chi connectivity index (χ4v) is 4.40. The highest BCUT2D eigenvalue weighted by atomic mass is 16.6. The number of nitrogens with zero attached hydrogens (tertiary/aromatic N) is 3. The van der Waals surface area contributed by atoms with Crippen LogP contribution in [0.3, 0.4) is 0 Å². The largest absolute Gasteiger partial charge is 0.444 e. The molecule has 2 aromatic carbocycles. The summed E-state index contributed by atoms with van der Waals surface area (Å²) in [5.41, 5.74) is 2.89. The molecule has 37 heavy (non-hydrogen) atoms. The summed E-state index contributed by atoms with van der Waals surface area (Å²) in [6, 6.07) is 16.7. The maximum absolute atomic E-state index is 13.4. The number of ether oxygens (including phenoxy) is 1. The topological polar surface area (TPSA) is 106 Å². The number of piperidine rings is 1. The van der Waals surface area contributed by atoms with E-state index in [1.165, 1.54) is 6.92 Å². The van der Waals surface area contributed by atoms with Crippen molar-refractivity contribution in [2.45, 2.75) is 52.1 Å². The van der Waals surface area contributed by atoms with E-state index >= 15 is 0 Å². The quantitative estimate of drug-likeness (QED) is 0.498. The molecule has 1 aliphatic heterocycles. The molecule has 1 fully saturated rings. The monoisotopic (exact) mass is 503 g/mol. The molecule has 1 aromatic heterocycles. The third-order valence-electron chi connectivity index (χ3n) is 6.05. The Morgan fingerprint density at radius 1 is 0.919 bits per heavy atom. The summed E-state index contributed by atoms with van der Waals surface area (Å²) in [4.78, 5) is 38.9. The number of hydrogen-bond acceptors (Lipinski definition) is 5. The van der Waals surface area contributed by atoms with Gasteiger partial charge < -0.3 is 20.3 Å². The summed E-state index contributed by atoms with van der Waals surface area (Å²) in [6.45, 7) is 8.08. The lowest BCUT2D eigenvalue weighted by Gasteiger charge is -2.34. The number of amides is 3. The molecule has 9 nitrogen and oxygen atoms in total. The van der Waals surface area contributed by atoms with E-state index in [1.54, 1.807) is 35.4 Å². The molecule has 3 amide bonds. The van der Waals surface area contributed by atoms with Crippen LogP contribution in [0.4, 0.5) is 16.2 Å². The van der Waals surface area contributed by atoms with Crippen LogP contribution in [0, 0.1) is 0 Å². The van der Waals surface area contributed by atoms with Crippen LogP contribution in [0.2, 0.25) is 0 Å². The van der Waals surface area contributed by atoms with Crippen molar-refractivity contribution in [3.63, 3.8) is 0 Å². The molecule has 2 heterocycles. The zero-order chi connectivity index (χ0) is 26.6. The van der Waals surface area contributed by atoms with E-state index in [0.29, 0.717) is 42.9 Å². The van der Waals surface area contributed by atoms with E-state index in [-0.39, 0.29) is 23.8 Å². The standard InChI is InChI=1S/C28H33N5O4/c1-19(34)30-21-10-12-22(13-11-21)31-26(35)24-18-29-33(23-8-6-5-7-9-23)25(24)20-14-16-32(17-15-20)27(36)37-28(2,3)4/h5-13,18,20H,14-17H2,1-4H3,(H,30,34)(H,31,35). The lowest BCUT2D eigenvalue weighted by atomic mass is 9.90. The summed E-state index contributed by atoms with van der Waals surface area (Å²) in [7, 11) is 0. The minimum Gasteiger partial charge on any atom is -0.444 e. The third kappa shape index (κ3) is 6.55. The number of anilines is 2. The first-order valence-corrected chi connectivity index (χ1v) is 12.4. The second kappa shape index (κ2) is 10.9. The highest BCUT2D eigenvalue weighted by molar-refractivity contribution is 6.05. The number of likely N-dealkylation sites (tertiary alicyclic amines) is 1. The predicted molar refractivity (Wildman–Crippen MR) is 142 cm³/mol. The molecule has 0 unspecified atom stereocenters. The predicted octanol–water partition coefficient (Wildman–Crippen LogP) is 5.20. The number of nitrogens with one attached hydrogen (secondary N) is 2. The molecule has 0 spiro atoms. The number of aromatic nitrogens is 2. The smallest absolute Gasteiger partial charge is 0.410 e. The Kier molecular flexibility index (Phi) is 7.61. The average molecular weight is 504 g/mol. The van der Waals surface area contributed by atoms with E-state index in [4.69, 9.17) is 4.74 Å². The maximum atomic E-state index is 13.4. The fraction of sp³-hybridized carbons (Fsp3) is 0.357. The Hall–Kier alpha value is -4.14. The van der Waals surface area contributed by atoms with E-state index in [0.717, 1.165) is 11.4 Å². The number of carbonyl (C=O) groups is 3. The number of para-hydroxylation sites is 1. The number of rotatable bonds is 5.